The van der Waals surface area contributed by atoms with E-state index < -0.39 is 40.1 Å². The fraction of sp³-hybridized carbons (Fsp3) is 0.500. The number of aliphatic hydroxyl groups is 1. The third-order valence-electron chi connectivity index (χ3n) is 5.32. The lowest BCUT2D eigenvalue weighted by Crippen LogP contribution is -2.57. The van der Waals surface area contributed by atoms with Crippen LogP contribution in [-0.2, 0) is 25.9 Å². The van der Waals surface area contributed by atoms with Gasteiger partial charge in [-0.15, -0.1) is 0 Å². The molecule has 0 saturated carbocycles. The van der Waals surface area contributed by atoms with E-state index in [1.807, 2.05) is 37.3 Å². The van der Waals surface area contributed by atoms with Gasteiger partial charge in [0.25, 0.3) is 0 Å². The van der Waals surface area contributed by atoms with Crippen LogP contribution in [0.2, 0.25) is 0 Å². The van der Waals surface area contributed by atoms with Gasteiger partial charge in [-0.2, -0.15) is 4.72 Å². The Morgan fingerprint density at radius 3 is 2.19 bits per heavy atom. The van der Waals surface area contributed by atoms with Gasteiger partial charge in [0.05, 0.1) is 24.2 Å². The molecule has 9 nitrogen and oxygen atoms in total. The third kappa shape index (κ3) is 9.42. The fourth-order valence-corrected chi connectivity index (χ4v) is 4.43. The number of nitrogens with one attached hydrogen (secondary N) is 2. The average Bonchev–Trinajstić information content (AvgIpc) is 2.82. The van der Waals surface area contributed by atoms with Gasteiger partial charge >= 0.3 is 6.09 Å². The summed E-state index contributed by atoms with van der Waals surface area (Å²) >= 11 is 0. The van der Waals surface area contributed by atoms with E-state index in [0.717, 1.165) is 5.56 Å². The lowest BCUT2D eigenvalue weighted by atomic mass is 10.0. The van der Waals surface area contributed by atoms with Crippen LogP contribution < -0.4 is 14.8 Å². The summed E-state index contributed by atoms with van der Waals surface area (Å²) < 4.78 is 45.2. The molecule has 2 aromatic rings. The van der Waals surface area contributed by atoms with Crippen LogP contribution in [-0.4, -0.2) is 56.8 Å². The first-order chi connectivity index (χ1) is 16.8. The minimum absolute atomic E-state index is 0.0204. The molecule has 3 N–H and O–H groups in total. The number of benzene rings is 2. The SMILES string of the molecule is CCC(C)OC(NS(=O)(=O)c1ccc(OC)cc1)[C@H](O)[C@H](Cc1ccccc1)NC(=O)OC(C)(C)C. The van der Waals surface area contributed by atoms with E-state index in [4.69, 9.17) is 14.2 Å². The van der Waals surface area contributed by atoms with Gasteiger partial charge < -0.3 is 24.6 Å². The molecule has 0 aliphatic heterocycles. The Morgan fingerprint density at radius 1 is 1.06 bits per heavy atom. The number of aliphatic hydroxyl groups excluding tert-OH is 1. The van der Waals surface area contributed by atoms with E-state index >= 15 is 0 Å². The highest BCUT2D eigenvalue weighted by Crippen LogP contribution is 2.19. The lowest BCUT2D eigenvalue weighted by Gasteiger charge is -2.33. The van der Waals surface area contributed by atoms with Gasteiger partial charge in [-0.1, -0.05) is 37.3 Å². The van der Waals surface area contributed by atoms with Crippen molar-refractivity contribution in [3.8, 4) is 5.75 Å². The van der Waals surface area contributed by atoms with Crippen LogP contribution in [0.25, 0.3) is 0 Å². The zero-order valence-electron chi connectivity index (χ0n) is 21.7. The van der Waals surface area contributed by atoms with E-state index in [9.17, 15) is 18.3 Å². The van der Waals surface area contributed by atoms with E-state index in [0.29, 0.717) is 12.2 Å². The Kier molecular flexibility index (Phi) is 10.7. The van der Waals surface area contributed by atoms with Crippen LogP contribution in [0.15, 0.2) is 59.5 Å². The molecule has 0 spiro atoms. The number of ether oxygens (including phenoxy) is 3. The van der Waals surface area contributed by atoms with E-state index in [2.05, 4.69) is 10.0 Å². The number of rotatable bonds is 12. The summed E-state index contributed by atoms with van der Waals surface area (Å²) in [6, 6.07) is 14.2. The Bertz CT molecular complexity index is 1050. The zero-order valence-corrected chi connectivity index (χ0v) is 22.5. The second-order valence-electron chi connectivity index (χ2n) is 9.51. The molecule has 10 heteroatoms. The van der Waals surface area contributed by atoms with Crippen molar-refractivity contribution in [1.82, 2.24) is 10.0 Å². The highest BCUT2D eigenvalue weighted by Gasteiger charge is 2.35. The number of methoxy groups -OCH3 is 1. The molecule has 0 bridgehead atoms. The monoisotopic (exact) mass is 522 g/mol. The second-order valence-corrected chi connectivity index (χ2v) is 11.2. The molecule has 4 atom stereocenters. The van der Waals surface area contributed by atoms with Crippen LogP contribution in [0.4, 0.5) is 4.79 Å². The molecule has 36 heavy (non-hydrogen) atoms. The topological polar surface area (TPSA) is 123 Å². The fourth-order valence-electron chi connectivity index (χ4n) is 3.30. The highest BCUT2D eigenvalue weighted by atomic mass is 32.2. The molecule has 0 heterocycles. The normalized spacial score (nSPS) is 15.4. The molecule has 0 aliphatic carbocycles. The molecule has 200 valence electrons. The maximum Gasteiger partial charge on any atom is 0.407 e. The van der Waals surface area contributed by atoms with Crippen molar-refractivity contribution >= 4 is 16.1 Å². The number of hydrogen-bond donors (Lipinski definition) is 3. The summed E-state index contributed by atoms with van der Waals surface area (Å²) in [7, 11) is -2.60. The van der Waals surface area contributed by atoms with Crippen LogP contribution in [0, 0.1) is 0 Å². The predicted octanol–water partition coefficient (Wildman–Crippen LogP) is 3.61. The van der Waals surface area contributed by atoms with E-state index in [1.165, 1.54) is 31.4 Å². The van der Waals surface area contributed by atoms with Gasteiger partial charge in [0, 0.05) is 0 Å². The predicted molar refractivity (Wildman–Crippen MR) is 137 cm³/mol. The van der Waals surface area contributed by atoms with Gasteiger partial charge in [0.1, 0.15) is 23.7 Å². The maximum atomic E-state index is 13.2. The lowest BCUT2D eigenvalue weighted by molar-refractivity contribution is -0.0881. The number of hydrogen-bond acceptors (Lipinski definition) is 7. The van der Waals surface area contributed by atoms with Crippen molar-refractivity contribution in [2.75, 3.05) is 7.11 Å². The van der Waals surface area contributed by atoms with E-state index in [-0.39, 0.29) is 17.4 Å². The van der Waals surface area contributed by atoms with Crippen LogP contribution in [0.1, 0.15) is 46.6 Å². The quantitative estimate of drug-likeness (QED) is 0.364. The van der Waals surface area contributed by atoms with Gasteiger partial charge in [0.15, 0.2) is 0 Å². The van der Waals surface area contributed by atoms with E-state index in [1.54, 1.807) is 27.7 Å². The summed E-state index contributed by atoms with van der Waals surface area (Å²) in [5.74, 6) is 0.505. The molecule has 2 aromatic carbocycles. The van der Waals surface area contributed by atoms with Crippen molar-refractivity contribution in [3.05, 3.63) is 60.2 Å². The van der Waals surface area contributed by atoms with Crippen LogP contribution in [0.3, 0.4) is 0 Å². The first-order valence-corrected chi connectivity index (χ1v) is 13.4. The van der Waals surface area contributed by atoms with Gasteiger partial charge in [-0.25, -0.2) is 13.2 Å². The van der Waals surface area contributed by atoms with Crippen LogP contribution in [0.5, 0.6) is 5.75 Å². The van der Waals surface area contributed by atoms with Crippen molar-refractivity contribution in [3.63, 3.8) is 0 Å². The van der Waals surface area contributed by atoms with Gasteiger partial charge in [-0.3, -0.25) is 0 Å². The Hall–Kier alpha value is -2.66. The highest BCUT2D eigenvalue weighted by molar-refractivity contribution is 7.89. The minimum atomic E-state index is -4.08. The molecule has 2 unspecified atom stereocenters. The zero-order chi connectivity index (χ0) is 26.9. The number of alkyl carbamates (subject to hydrolysis) is 1. The van der Waals surface area contributed by atoms with Gasteiger partial charge in [-0.05, 0) is 70.4 Å². The Morgan fingerprint density at radius 2 is 1.67 bits per heavy atom. The Balaban J connectivity index is 2.36. The van der Waals surface area contributed by atoms with Crippen molar-refractivity contribution in [2.24, 2.45) is 0 Å². The molecule has 0 fully saturated rings. The molecule has 0 aliphatic rings. The third-order valence-corrected chi connectivity index (χ3v) is 6.75. The molecule has 0 radical (unpaired) electrons. The summed E-state index contributed by atoms with van der Waals surface area (Å²) in [5.41, 5.74) is 0.0764. The summed E-state index contributed by atoms with van der Waals surface area (Å²) in [4.78, 5) is 12.6. The molecule has 0 saturated heterocycles. The maximum absolute atomic E-state index is 13.2. The first-order valence-electron chi connectivity index (χ1n) is 11.9. The summed E-state index contributed by atoms with van der Waals surface area (Å²) in [6.45, 7) is 8.84. The van der Waals surface area contributed by atoms with Crippen LogP contribution >= 0.6 is 0 Å². The molecule has 2 rings (SSSR count). The number of amides is 1. The molecular formula is C26H38N2O7S. The van der Waals surface area contributed by atoms with Gasteiger partial charge in [0.2, 0.25) is 10.0 Å². The summed E-state index contributed by atoms with van der Waals surface area (Å²) in [6.07, 6.45) is -3.11. The van der Waals surface area contributed by atoms with Crippen molar-refractivity contribution in [1.29, 1.82) is 0 Å². The minimum Gasteiger partial charge on any atom is -0.497 e. The number of sulfonamides is 1. The number of carbonyl (C=O) groups is 1. The smallest absolute Gasteiger partial charge is 0.407 e. The molecular weight excluding hydrogens is 484 g/mol. The standard InChI is InChI=1S/C26H38N2O7S/c1-7-18(2)34-24(28-36(31,32)21-15-13-20(33-6)14-16-21)23(29)22(17-19-11-9-8-10-12-19)27-25(30)35-26(3,4)5/h8-16,18,22-24,28-29H,7,17H2,1-6H3,(H,27,30)/t18?,22-,23+,24?/m0/s1. The first kappa shape index (κ1) is 29.6. The van der Waals surface area contributed by atoms with Crippen molar-refractivity contribution < 1.29 is 32.5 Å². The van der Waals surface area contributed by atoms with Crippen molar-refractivity contribution in [2.45, 2.75) is 82.4 Å². The molecule has 0 aromatic heterocycles. The Labute approximate surface area is 214 Å². The second kappa shape index (κ2) is 13.0. The largest absolute Gasteiger partial charge is 0.497 e. The number of carbonyl (C=O) groups excluding carboxylic acids is 1. The summed E-state index contributed by atoms with van der Waals surface area (Å²) in [5, 5.41) is 14.1. The molecule has 1 amide bonds. The average molecular weight is 523 g/mol.